The molecule has 0 aromatic carbocycles. The van der Waals surface area contributed by atoms with E-state index in [1.165, 1.54) is 11.3 Å². The number of amides is 1. The quantitative estimate of drug-likeness (QED) is 0.891. The van der Waals surface area contributed by atoms with E-state index in [9.17, 15) is 4.79 Å². The molecule has 0 aliphatic rings. The lowest BCUT2D eigenvalue weighted by molar-refractivity contribution is 0.0784. The molecule has 1 amide bonds. The lowest BCUT2D eigenvalue weighted by Gasteiger charge is -2.18. The second-order valence-corrected chi connectivity index (χ2v) is 5.66. The number of hydrogen-bond donors (Lipinski definition) is 1. The van der Waals surface area contributed by atoms with Crippen molar-refractivity contribution in [1.29, 1.82) is 0 Å². The van der Waals surface area contributed by atoms with Crippen LogP contribution < -0.4 is 5.32 Å². The number of anilines is 1. The normalized spacial score (nSPS) is 10.4. The van der Waals surface area contributed by atoms with Crippen molar-refractivity contribution in [2.24, 2.45) is 0 Å². The molecule has 21 heavy (non-hydrogen) atoms. The minimum atomic E-state index is -0.0471. The lowest BCUT2D eigenvalue weighted by atomic mass is 10.1. The Morgan fingerprint density at radius 1 is 1.43 bits per heavy atom. The molecule has 0 atom stereocenters. The van der Waals surface area contributed by atoms with Crippen LogP contribution in [0.1, 0.15) is 35.1 Å². The van der Waals surface area contributed by atoms with E-state index in [2.05, 4.69) is 22.2 Å². The van der Waals surface area contributed by atoms with Gasteiger partial charge in [0.2, 0.25) is 0 Å². The van der Waals surface area contributed by atoms with Crippen LogP contribution in [0.25, 0.3) is 0 Å². The molecule has 2 heterocycles. The monoisotopic (exact) mass is 304 g/mol. The number of carbonyl (C=O) groups is 1. The highest BCUT2D eigenvalue weighted by Crippen LogP contribution is 2.18. The van der Waals surface area contributed by atoms with Gasteiger partial charge < -0.3 is 10.2 Å². The molecule has 0 aliphatic carbocycles. The van der Waals surface area contributed by atoms with Crippen LogP contribution in [-0.2, 0) is 6.54 Å². The average molecular weight is 304 g/mol. The summed E-state index contributed by atoms with van der Waals surface area (Å²) in [6.07, 6.45) is 2.65. The maximum absolute atomic E-state index is 12.6. The van der Waals surface area contributed by atoms with Crippen LogP contribution in [0.2, 0.25) is 0 Å². The van der Waals surface area contributed by atoms with Crippen LogP contribution in [0.15, 0.2) is 23.2 Å². The molecule has 2 aromatic heterocycles. The fraction of sp³-hybridized carbons (Fsp3) is 0.400. The van der Waals surface area contributed by atoms with Crippen LogP contribution in [0.3, 0.4) is 0 Å². The Bertz CT molecular complexity index is 598. The van der Waals surface area contributed by atoms with Gasteiger partial charge in [-0.1, -0.05) is 6.92 Å². The van der Waals surface area contributed by atoms with Gasteiger partial charge in [0.15, 0.2) is 0 Å². The molecule has 112 valence electrons. The first-order valence-electron chi connectivity index (χ1n) is 6.95. The molecular formula is C15H20N4OS. The van der Waals surface area contributed by atoms with Gasteiger partial charge in [0.1, 0.15) is 0 Å². The Labute approximate surface area is 129 Å². The van der Waals surface area contributed by atoms with Gasteiger partial charge in [-0.25, -0.2) is 4.98 Å². The predicted molar refractivity (Wildman–Crippen MR) is 85.7 cm³/mol. The third-order valence-corrected chi connectivity index (χ3v) is 3.70. The molecule has 0 unspecified atom stereocenters. The van der Waals surface area contributed by atoms with E-state index in [1.54, 1.807) is 23.7 Å². The van der Waals surface area contributed by atoms with Crippen molar-refractivity contribution in [1.82, 2.24) is 14.9 Å². The summed E-state index contributed by atoms with van der Waals surface area (Å²) < 4.78 is 0. The van der Waals surface area contributed by atoms with E-state index in [1.807, 2.05) is 18.4 Å². The molecule has 6 heteroatoms. The van der Waals surface area contributed by atoms with Crippen molar-refractivity contribution >= 4 is 22.9 Å². The van der Waals surface area contributed by atoms with Crippen molar-refractivity contribution < 1.29 is 4.79 Å². The number of aromatic nitrogens is 2. The zero-order chi connectivity index (χ0) is 15.2. The van der Waals surface area contributed by atoms with E-state index in [4.69, 9.17) is 0 Å². The summed E-state index contributed by atoms with van der Waals surface area (Å²) in [6, 6.07) is 1.92. The van der Waals surface area contributed by atoms with Crippen LogP contribution in [0.5, 0.6) is 0 Å². The number of nitrogens with zero attached hydrogens (tertiary/aromatic N) is 3. The number of carbonyl (C=O) groups excluding carboxylic acids is 1. The van der Waals surface area contributed by atoms with E-state index in [-0.39, 0.29) is 5.91 Å². The van der Waals surface area contributed by atoms with Crippen molar-refractivity contribution in [3.63, 3.8) is 0 Å². The summed E-state index contributed by atoms with van der Waals surface area (Å²) in [5.41, 5.74) is 5.02. The van der Waals surface area contributed by atoms with Crippen LogP contribution >= 0.6 is 11.3 Å². The number of nitrogens with one attached hydrogen (secondary N) is 1. The molecular weight excluding hydrogens is 284 g/mol. The molecule has 0 fully saturated rings. The smallest absolute Gasteiger partial charge is 0.257 e. The Morgan fingerprint density at radius 2 is 2.24 bits per heavy atom. The Morgan fingerprint density at radius 3 is 2.90 bits per heavy atom. The second-order valence-electron chi connectivity index (χ2n) is 4.94. The van der Waals surface area contributed by atoms with Crippen molar-refractivity contribution in [3.8, 4) is 0 Å². The van der Waals surface area contributed by atoms with Crippen molar-refractivity contribution in [2.45, 2.75) is 26.8 Å². The number of thiazole rings is 1. The van der Waals surface area contributed by atoms with Gasteiger partial charge >= 0.3 is 0 Å². The zero-order valence-electron chi connectivity index (χ0n) is 12.6. The summed E-state index contributed by atoms with van der Waals surface area (Å²) in [7, 11) is 1.78. The summed E-state index contributed by atoms with van der Waals surface area (Å²) in [6.45, 7) is 5.35. The summed E-state index contributed by atoms with van der Waals surface area (Å²) in [4.78, 5) is 22.7. The first-order chi connectivity index (χ1) is 10.1. The summed E-state index contributed by atoms with van der Waals surface area (Å²) in [5.74, 6) is -0.0471. The Balaban J connectivity index is 2.17. The maximum atomic E-state index is 12.6. The SMILES string of the molecule is CCCNc1cc(C)ncc1C(=O)N(C)Cc1cscn1. The third kappa shape index (κ3) is 4.01. The van der Waals surface area contributed by atoms with E-state index in [0.29, 0.717) is 12.1 Å². The predicted octanol–water partition coefficient (Wildman–Crippen LogP) is 2.94. The number of aryl methyl sites for hydroxylation is 1. The largest absolute Gasteiger partial charge is 0.384 e. The van der Waals surface area contributed by atoms with Gasteiger partial charge in [0.25, 0.3) is 5.91 Å². The molecule has 0 saturated heterocycles. The number of pyridine rings is 1. The van der Waals surface area contributed by atoms with Crippen molar-refractivity contribution in [3.05, 3.63) is 40.1 Å². The molecule has 0 radical (unpaired) electrons. The zero-order valence-corrected chi connectivity index (χ0v) is 13.4. The maximum Gasteiger partial charge on any atom is 0.257 e. The standard InChI is InChI=1S/C15H20N4OS/c1-4-5-16-14-6-11(2)17-7-13(14)15(20)19(3)8-12-9-21-10-18-12/h6-7,9-10H,4-5,8H2,1-3H3,(H,16,17). The van der Waals surface area contributed by atoms with Gasteiger partial charge in [-0.15, -0.1) is 11.3 Å². The number of hydrogen-bond acceptors (Lipinski definition) is 5. The first-order valence-corrected chi connectivity index (χ1v) is 7.89. The minimum Gasteiger partial charge on any atom is -0.384 e. The molecule has 2 aromatic rings. The summed E-state index contributed by atoms with van der Waals surface area (Å²) >= 11 is 1.53. The summed E-state index contributed by atoms with van der Waals surface area (Å²) in [5, 5.41) is 5.25. The topological polar surface area (TPSA) is 58.1 Å². The Hall–Kier alpha value is -1.95. The molecule has 0 aliphatic heterocycles. The molecule has 0 saturated carbocycles. The average Bonchev–Trinajstić information content (AvgIpc) is 2.97. The highest BCUT2D eigenvalue weighted by molar-refractivity contribution is 7.07. The van der Waals surface area contributed by atoms with Crippen molar-refractivity contribution in [2.75, 3.05) is 18.9 Å². The van der Waals surface area contributed by atoms with E-state index < -0.39 is 0 Å². The number of rotatable bonds is 6. The molecule has 0 bridgehead atoms. The Kier molecular flexibility index (Phi) is 5.27. The van der Waals surface area contributed by atoms with Gasteiger partial charge in [0.05, 0.1) is 29.0 Å². The fourth-order valence-corrected chi connectivity index (χ4v) is 2.52. The molecule has 1 N–H and O–H groups in total. The minimum absolute atomic E-state index is 0.0471. The first kappa shape index (κ1) is 15.4. The van der Waals surface area contributed by atoms with Gasteiger partial charge in [0, 0.05) is 30.9 Å². The second kappa shape index (κ2) is 7.17. The van der Waals surface area contributed by atoms with E-state index in [0.717, 1.165) is 30.0 Å². The van der Waals surface area contributed by atoms with Gasteiger partial charge in [-0.2, -0.15) is 0 Å². The third-order valence-electron chi connectivity index (χ3n) is 3.07. The fourth-order valence-electron chi connectivity index (χ4n) is 1.97. The van der Waals surface area contributed by atoms with Gasteiger partial charge in [-0.05, 0) is 19.4 Å². The van der Waals surface area contributed by atoms with E-state index >= 15 is 0 Å². The van der Waals surface area contributed by atoms with Gasteiger partial charge in [-0.3, -0.25) is 9.78 Å². The highest BCUT2D eigenvalue weighted by Gasteiger charge is 2.17. The molecule has 2 rings (SSSR count). The van der Waals surface area contributed by atoms with Crippen LogP contribution in [0, 0.1) is 6.92 Å². The van der Waals surface area contributed by atoms with Crippen LogP contribution in [-0.4, -0.2) is 34.4 Å². The van der Waals surface area contributed by atoms with Crippen LogP contribution in [0.4, 0.5) is 5.69 Å². The molecule has 5 nitrogen and oxygen atoms in total. The highest BCUT2D eigenvalue weighted by atomic mass is 32.1. The molecule has 0 spiro atoms. The lowest BCUT2D eigenvalue weighted by Crippen LogP contribution is -2.27.